The maximum absolute atomic E-state index is 8.74. The summed E-state index contributed by atoms with van der Waals surface area (Å²) in [5, 5.41) is 0. The zero-order valence-corrected chi connectivity index (χ0v) is 16.9. The van der Waals surface area contributed by atoms with Gasteiger partial charge in [-0.25, -0.2) is 0 Å². The third-order valence-electron chi connectivity index (χ3n) is 2.96. The molecule has 0 bridgehead atoms. The van der Waals surface area contributed by atoms with Gasteiger partial charge >= 0.3 is 10.4 Å². The van der Waals surface area contributed by atoms with E-state index in [9.17, 15) is 0 Å². The number of hydrogen-bond acceptors (Lipinski definition) is 3. The Kier molecular flexibility index (Phi) is 26.3. The summed E-state index contributed by atoms with van der Waals surface area (Å²) in [6, 6.07) is 0. The van der Waals surface area contributed by atoms with E-state index in [0.29, 0.717) is 0 Å². The van der Waals surface area contributed by atoms with Crippen molar-refractivity contribution in [2.24, 2.45) is 0 Å². The predicted molar refractivity (Wildman–Crippen MR) is 101 cm³/mol. The van der Waals surface area contributed by atoms with E-state index >= 15 is 0 Å². The minimum atomic E-state index is -4.67. The van der Waals surface area contributed by atoms with Gasteiger partial charge in [-0.1, -0.05) is 85.0 Å². The van der Waals surface area contributed by atoms with Gasteiger partial charge in [-0.2, -0.15) is 8.42 Å². The smallest absolute Gasteiger partial charge is 0.309 e. The van der Waals surface area contributed by atoms with E-state index in [0.717, 1.165) is 0 Å². The second-order valence-corrected chi connectivity index (χ2v) is 7.04. The fourth-order valence-corrected chi connectivity index (χ4v) is 1.92. The molecule has 0 aromatic rings. The van der Waals surface area contributed by atoms with Gasteiger partial charge in [-0.3, -0.25) is 9.11 Å². The van der Waals surface area contributed by atoms with Crippen LogP contribution >= 0.6 is 0 Å². The Balaban J connectivity index is -0.000000414. The van der Waals surface area contributed by atoms with Crippen molar-refractivity contribution in [2.45, 2.75) is 91.4 Å². The first-order valence-electron chi connectivity index (χ1n) is 9.03. The second kappa shape index (κ2) is 21.8. The van der Waals surface area contributed by atoms with Crippen LogP contribution in [0.2, 0.25) is 0 Å². The molecule has 0 heterocycles. The molecule has 6 heteroatoms. The van der Waals surface area contributed by atoms with Crippen molar-refractivity contribution in [1.82, 2.24) is 4.90 Å². The lowest BCUT2D eigenvalue weighted by atomic mass is 10.1. The number of rotatable bonds is 11. The highest BCUT2D eigenvalue weighted by Gasteiger charge is 1.93. The minimum absolute atomic E-state index is 1.25. The lowest BCUT2D eigenvalue weighted by molar-refractivity contribution is 0.381. The van der Waals surface area contributed by atoms with Crippen molar-refractivity contribution in [2.75, 3.05) is 20.6 Å². The van der Waals surface area contributed by atoms with Gasteiger partial charge in [-0.05, 0) is 27.1 Å². The first-order valence-corrected chi connectivity index (χ1v) is 10.4. The van der Waals surface area contributed by atoms with Crippen LogP contribution in [0.4, 0.5) is 0 Å². The maximum Gasteiger partial charge on any atom is 0.394 e. The molecule has 5 nitrogen and oxygen atoms in total. The topological polar surface area (TPSA) is 77.8 Å². The van der Waals surface area contributed by atoms with Crippen molar-refractivity contribution >= 4 is 10.4 Å². The molecule has 0 aliphatic carbocycles. The van der Waals surface area contributed by atoms with Gasteiger partial charge in [0, 0.05) is 0 Å². The molecule has 0 saturated carbocycles. The van der Waals surface area contributed by atoms with Crippen molar-refractivity contribution in [3.8, 4) is 0 Å². The predicted octanol–water partition coefficient (Wildman–Crippen LogP) is 5.23. The van der Waals surface area contributed by atoms with Crippen LogP contribution in [-0.4, -0.2) is 43.1 Å². The summed E-state index contributed by atoms with van der Waals surface area (Å²) >= 11 is 0. The molecule has 0 unspecified atom stereocenters. The van der Waals surface area contributed by atoms with Crippen LogP contribution in [0, 0.1) is 0 Å². The lowest BCUT2D eigenvalue weighted by Gasteiger charge is -2.08. The van der Waals surface area contributed by atoms with Gasteiger partial charge in [-0.15, -0.1) is 0 Å². The highest BCUT2D eigenvalue weighted by Crippen LogP contribution is 2.10. The monoisotopic (exact) mass is 355 g/mol. The molecule has 0 rings (SSSR count). The number of nitrogens with zero attached hydrogens (tertiary/aromatic N) is 1. The molecule has 0 spiro atoms. The highest BCUT2D eigenvalue weighted by atomic mass is 32.3. The van der Waals surface area contributed by atoms with Crippen LogP contribution in [0.3, 0.4) is 0 Å². The van der Waals surface area contributed by atoms with Gasteiger partial charge in [0.05, 0.1) is 0 Å². The molecule has 0 radical (unpaired) electrons. The van der Waals surface area contributed by atoms with Crippen LogP contribution in [0.15, 0.2) is 0 Å². The molecule has 0 aliphatic heterocycles. The quantitative estimate of drug-likeness (QED) is 0.392. The van der Waals surface area contributed by atoms with Gasteiger partial charge in [0.2, 0.25) is 0 Å². The SMILES string of the molecule is CCC.CCCCCCCCCCCCN(C)C.O=S(=O)(O)O. The van der Waals surface area contributed by atoms with Crippen LogP contribution in [0.25, 0.3) is 0 Å². The fourth-order valence-electron chi connectivity index (χ4n) is 1.92. The fraction of sp³-hybridized carbons (Fsp3) is 1.00. The molecular weight excluding hydrogens is 314 g/mol. The Hall–Kier alpha value is -0.170. The lowest BCUT2D eigenvalue weighted by Crippen LogP contribution is -2.12. The first kappa shape index (κ1) is 27.7. The number of hydrogen-bond donors (Lipinski definition) is 2. The molecule has 2 N–H and O–H groups in total. The maximum atomic E-state index is 8.74. The standard InChI is InChI=1S/C14H31N.C3H8.H2O4S/c1-4-5-6-7-8-9-10-11-12-13-14-15(2)3;1-3-2;1-5(2,3)4/h4-14H2,1-3H3;3H2,1-2H3;(H2,1,2,3,4). The molecule has 144 valence electrons. The summed E-state index contributed by atoms with van der Waals surface area (Å²) in [6.07, 6.45) is 15.6. The minimum Gasteiger partial charge on any atom is -0.309 e. The summed E-state index contributed by atoms with van der Waals surface area (Å²) < 4.78 is 31.6. The van der Waals surface area contributed by atoms with E-state index in [1.54, 1.807) is 0 Å². The van der Waals surface area contributed by atoms with Crippen LogP contribution in [0.5, 0.6) is 0 Å². The highest BCUT2D eigenvalue weighted by molar-refractivity contribution is 7.79. The molecule has 0 atom stereocenters. The number of unbranched alkanes of at least 4 members (excludes halogenated alkanes) is 9. The zero-order valence-electron chi connectivity index (χ0n) is 16.1. The van der Waals surface area contributed by atoms with Crippen LogP contribution < -0.4 is 0 Å². The second-order valence-electron chi connectivity index (χ2n) is 6.14. The molecule has 0 amide bonds. The average Bonchev–Trinajstić information content (AvgIpc) is 2.39. The third-order valence-corrected chi connectivity index (χ3v) is 2.96. The van der Waals surface area contributed by atoms with E-state index in [4.69, 9.17) is 17.5 Å². The van der Waals surface area contributed by atoms with Gasteiger partial charge < -0.3 is 4.90 Å². The van der Waals surface area contributed by atoms with E-state index in [1.165, 1.54) is 77.2 Å². The van der Waals surface area contributed by atoms with E-state index in [2.05, 4.69) is 39.8 Å². The largest absolute Gasteiger partial charge is 0.394 e. The van der Waals surface area contributed by atoms with Gasteiger partial charge in [0.1, 0.15) is 0 Å². The normalized spacial score (nSPS) is 10.6. The van der Waals surface area contributed by atoms with E-state index in [1.807, 2.05) is 0 Å². The molecule has 0 saturated heterocycles. The molecule has 0 aromatic heterocycles. The first-order chi connectivity index (χ1) is 10.7. The Bertz CT molecular complexity index is 285. The Morgan fingerprint density at radius 2 is 0.957 bits per heavy atom. The van der Waals surface area contributed by atoms with E-state index < -0.39 is 10.4 Å². The van der Waals surface area contributed by atoms with E-state index in [-0.39, 0.29) is 0 Å². The molecular formula is C17H41NO4S. The summed E-state index contributed by atoms with van der Waals surface area (Å²) in [5.74, 6) is 0. The molecule has 0 fully saturated rings. The summed E-state index contributed by atoms with van der Waals surface area (Å²) in [7, 11) is -0.346. The summed E-state index contributed by atoms with van der Waals surface area (Å²) in [6.45, 7) is 7.79. The zero-order chi connectivity index (χ0) is 18.6. The van der Waals surface area contributed by atoms with Crippen LogP contribution in [-0.2, 0) is 10.4 Å². The van der Waals surface area contributed by atoms with Gasteiger partial charge in [0.15, 0.2) is 0 Å². The molecule has 0 aliphatic rings. The van der Waals surface area contributed by atoms with Crippen molar-refractivity contribution in [1.29, 1.82) is 0 Å². The third kappa shape index (κ3) is 61.3. The summed E-state index contributed by atoms with van der Waals surface area (Å²) in [4.78, 5) is 2.28. The Morgan fingerprint density at radius 1 is 0.696 bits per heavy atom. The van der Waals surface area contributed by atoms with Crippen molar-refractivity contribution < 1.29 is 17.5 Å². The molecule has 0 aromatic carbocycles. The average molecular weight is 356 g/mol. The Labute approximate surface area is 145 Å². The van der Waals surface area contributed by atoms with Crippen molar-refractivity contribution in [3.05, 3.63) is 0 Å². The van der Waals surface area contributed by atoms with Crippen molar-refractivity contribution in [3.63, 3.8) is 0 Å². The summed E-state index contributed by atoms with van der Waals surface area (Å²) in [5.41, 5.74) is 0. The Morgan fingerprint density at radius 3 is 1.22 bits per heavy atom. The van der Waals surface area contributed by atoms with Crippen LogP contribution in [0.1, 0.15) is 91.4 Å². The van der Waals surface area contributed by atoms with Gasteiger partial charge in [0.25, 0.3) is 0 Å². The molecule has 23 heavy (non-hydrogen) atoms.